The van der Waals surface area contributed by atoms with E-state index in [0.29, 0.717) is 10.8 Å². The first kappa shape index (κ1) is 14.2. The smallest absolute Gasteiger partial charge is 0.124 e. The van der Waals surface area contributed by atoms with Gasteiger partial charge in [-0.1, -0.05) is 36.4 Å². The molecule has 0 amide bonds. The number of aromatic hydroxyl groups is 4. The Bertz CT molecular complexity index is 1010. The van der Waals surface area contributed by atoms with Crippen molar-refractivity contribution in [2.45, 2.75) is 0 Å². The molecule has 4 aromatic carbocycles. The normalized spacial score (nSPS) is 11.2. The van der Waals surface area contributed by atoms with Gasteiger partial charge in [-0.25, -0.2) is 0 Å². The van der Waals surface area contributed by atoms with Gasteiger partial charge in [-0.05, 0) is 35.0 Å². The highest BCUT2D eigenvalue weighted by Crippen LogP contribution is 2.48. The summed E-state index contributed by atoms with van der Waals surface area (Å²) in [6.45, 7) is 0. The summed E-state index contributed by atoms with van der Waals surface area (Å²) < 4.78 is 0. The number of fused-ring (bicyclic) bond motifs is 2. The molecule has 4 aromatic rings. The number of phenolic OH excluding ortho intramolecular Hbond substituents is 4. The Kier molecular flexibility index (Phi) is 3.00. The van der Waals surface area contributed by atoms with Gasteiger partial charge in [0.1, 0.15) is 23.0 Å². The predicted molar refractivity (Wildman–Crippen MR) is 93.5 cm³/mol. The molecule has 24 heavy (non-hydrogen) atoms. The van der Waals surface area contributed by atoms with Crippen LogP contribution in [0.4, 0.5) is 0 Å². The van der Waals surface area contributed by atoms with E-state index >= 15 is 0 Å². The van der Waals surface area contributed by atoms with Crippen LogP contribution in [-0.4, -0.2) is 20.4 Å². The van der Waals surface area contributed by atoms with Crippen LogP contribution in [0.5, 0.6) is 23.0 Å². The Labute approximate surface area is 137 Å². The lowest BCUT2D eigenvalue weighted by Crippen LogP contribution is -1.88. The minimum Gasteiger partial charge on any atom is -0.507 e. The number of benzene rings is 4. The van der Waals surface area contributed by atoms with Gasteiger partial charge >= 0.3 is 0 Å². The molecule has 118 valence electrons. The van der Waals surface area contributed by atoms with Crippen molar-refractivity contribution in [2.75, 3.05) is 0 Å². The highest BCUT2D eigenvalue weighted by atomic mass is 16.3. The fraction of sp³-hybridized carbons (Fsp3) is 0. The van der Waals surface area contributed by atoms with Crippen LogP contribution in [0.1, 0.15) is 0 Å². The van der Waals surface area contributed by atoms with Crippen molar-refractivity contribution >= 4 is 21.5 Å². The van der Waals surface area contributed by atoms with Gasteiger partial charge in [-0.15, -0.1) is 0 Å². The molecule has 0 radical (unpaired) electrons. The number of hydrogen-bond donors (Lipinski definition) is 4. The fourth-order valence-corrected chi connectivity index (χ4v) is 3.20. The maximum absolute atomic E-state index is 10.5. The summed E-state index contributed by atoms with van der Waals surface area (Å²) in [5, 5.41) is 43.8. The van der Waals surface area contributed by atoms with Gasteiger partial charge < -0.3 is 20.4 Å². The first-order valence-electron chi connectivity index (χ1n) is 7.45. The van der Waals surface area contributed by atoms with E-state index in [1.165, 1.54) is 24.3 Å². The second kappa shape index (κ2) is 5.06. The quantitative estimate of drug-likeness (QED) is 0.417. The van der Waals surface area contributed by atoms with E-state index < -0.39 is 0 Å². The molecule has 0 bridgehead atoms. The lowest BCUT2D eigenvalue weighted by atomic mass is 9.91. The number of phenols is 4. The van der Waals surface area contributed by atoms with Gasteiger partial charge in [-0.2, -0.15) is 0 Å². The zero-order valence-corrected chi connectivity index (χ0v) is 12.6. The molecule has 0 saturated carbocycles. The Morgan fingerprint density at radius 2 is 0.833 bits per heavy atom. The summed E-state index contributed by atoms with van der Waals surface area (Å²) in [4.78, 5) is 0. The molecule has 0 heterocycles. The summed E-state index contributed by atoms with van der Waals surface area (Å²) in [5.41, 5.74) is 0.574. The SMILES string of the molecule is Oc1ccc2cccc(O)c2c1-c1c(O)ccc2cccc(O)c12. The molecule has 0 atom stereocenters. The van der Waals surface area contributed by atoms with Crippen molar-refractivity contribution < 1.29 is 20.4 Å². The molecular formula is C20H14O4. The van der Waals surface area contributed by atoms with Crippen LogP contribution in [0.3, 0.4) is 0 Å². The predicted octanol–water partition coefficient (Wildman–Crippen LogP) is 4.48. The summed E-state index contributed by atoms with van der Waals surface area (Å²) >= 11 is 0. The largest absolute Gasteiger partial charge is 0.507 e. The molecule has 4 N–H and O–H groups in total. The van der Waals surface area contributed by atoms with Crippen LogP contribution in [-0.2, 0) is 0 Å². The van der Waals surface area contributed by atoms with Crippen molar-refractivity contribution in [2.24, 2.45) is 0 Å². The van der Waals surface area contributed by atoms with Gasteiger partial charge in [0.2, 0.25) is 0 Å². The lowest BCUT2D eigenvalue weighted by Gasteiger charge is -2.15. The summed E-state index contributed by atoms with van der Waals surface area (Å²) in [6.07, 6.45) is 0. The van der Waals surface area contributed by atoms with Gasteiger partial charge in [0.05, 0.1) is 0 Å². The highest BCUT2D eigenvalue weighted by molar-refractivity contribution is 6.12. The average Bonchev–Trinajstić information content (AvgIpc) is 2.57. The van der Waals surface area contributed by atoms with Gasteiger partial charge in [0.15, 0.2) is 0 Å². The molecular weight excluding hydrogens is 304 g/mol. The molecule has 0 aromatic heterocycles. The molecule has 0 saturated heterocycles. The monoisotopic (exact) mass is 318 g/mol. The molecule has 0 fully saturated rings. The summed E-state index contributed by atoms with van der Waals surface area (Å²) in [7, 11) is 0. The van der Waals surface area contributed by atoms with Crippen LogP contribution in [0.15, 0.2) is 60.7 Å². The van der Waals surface area contributed by atoms with Crippen molar-refractivity contribution in [3.63, 3.8) is 0 Å². The first-order chi connectivity index (χ1) is 11.6. The number of hydrogen-bond acceptors (Lipinski definition) is 4. The van der Waals surface area contributed by atoms with E-state index in [9.17, 15) is 20.4 Å². The zero-order valence-electron chi connectivity index (χ0n) is 12.6. The van der Waals surface area contributed by atoms with Crippen molar-refractivity contribution in [3.05, 3.63) is 60.7 Å². The molecule has 0 aliphatic carbocycles. The van der Waals surface area contributed by atoms with Crippen LogP contribution >= 0.6 is 0 Å². The third-order valence-corrected chi connectivity index (χ3v) is 4.25. The van der Waals surface area contributed by atoms with Crippen LogP contribution in [0.2, 0.25) is 0 Å². The van der Waals surface area contributed by atoms with E-state index in [1.54, 1.807) is 36.4 Å². The zero-order chi connectivity index (χ0) is 16.8. The Morgan fingerprint density at radius 1 is 0.417 bits per heavy atom. The van der Waals surface area contributed by atoms with Gasteiger partial charge in [0, 0.05) is 21.9 Å². The van der Waals surface area contributed by atoms with Crippen LogP contribution in [0, 0.1) is 0 Å². The van der Waals surface area contributed by atoms with Crippen LogP contribution in [0.25, 0.3) is 32.7 Å². The molecule has 0 aliphatic heterocycles. The molecule has 0 unspecified atom stereocenters. The van der Waals surface area contributed by atoms with Crippen molar-refractivity contribution in [1.82, 2.24) is 0 Å². The third-order valence-electron chi connectivity index (χ3n) is 4.25. The van der Waals surface area contributed by atoms with E-state index in [1.807, 2.05) is 0 Å². The molecule has 0 aliphatic rings. The molecule has 0 spiro atoms. The lowest BCUT2D eigenvalue weighted by molar-refractivity contribution is 0.466. The van der Waals surface area contributed by atoms with Crippen molar-refractivity contribution in [3.8, 4) is 34.1 Å². The van der Waals surface area contributed by atoms with Gasteiger partial charge in [-0.3, -0.25) is 0 Å². The maximum Gasteiger partial charge on any atom is 0.124 e. The number of rotatable bonds is 1. The van der Waals surface area contributed by atoms with Crippen LogP contribution < -0.4 is 0 Å². The minimum atomic E-state index is -0.0879. The first-order valence-corrected chi connectivity index (χ1v) is 7.45. The second-order valence-electron chi connectivity index (χ2n) is 5.67. The molecule has 4 heteroatoms. The standard InChI is InChI=1S/C20H14O4/c21-13-5-1-3-11-7-9-15(23)19(17(11)13)20-16(24)10-8-12-4-2-6-14(22)18(12)20/h1-10,21-24H. The molecule has 4 rings (SSSR count). The topological polar surface area (TPSA) is 80.9 Å². The Hall–Kier alpha value is -3.40. The Morgan fingerprint density at radius 3 is 1.25 bits per heavy atom. The van der Waals surface area contributed by atoms with E-state index in [-0.39, 0.29) is 34.1 Å². The minimum absolute atomic E-state index is 0.00905. The van der Waals surface area contributed by atoms with Gasteiger partial charge in [0.25, 0.3) is 0 Å². The fourth-order valence-electron chi connectivity index (χ4n) is 3.20. The maximum atomic E-state index is 10.5. The summed E-state index contributed by atoms with van der Waals surface area (Å²) in [5.74, 6) is -0.194. The van der Waals surface area contributed by atoms with E-state index in [2.05, 4.69) is 0 Å². The van der Waals surface area contributed by atoms with E-state index in [0.717, 1.165) is 10.8 Å². The highest BCUT2D eigenvalue weighted by Gasteiger charge is 2.20. The second-order valence-corrected chi connectivity index (χ2v) is 5.67. The third kappa shape index (κ3) is 1.93. The molecule has 4 nitrogen and oxygen atoms in total. The summed E-state index contributed by atoms with van der Waals surface area (Å²) in [6, 6.07) is 16.5. The average molecular weight is 318 g/mol. The van der Waals surface area contributed by atoms with E-state index in [4.69, 9.17) is 0 Å². The van der Waals surface area contributed by atoms with Crippen molar-refractivity contribution in [1.29, 1.82) is 0 Å². The Balaban J connectivity index is 2.27.